The van der Waals surface area contributed by atoms with Gasteiger partial charge in [-0.3, -0.25) is 9.59 Å². The van der Waals surface area contributed by atoms with Crippen LogP contribution in [0.2, 0.25) is 5.15 Å². The van der Waals surface area contributed by atoms with Gasteiger partial charge in [0.2, 0.25) is 0 Å². The van der Waals surface area contributed by atoms with Crippen LogP contribution >= 0.6 is 11.6 Å². The van der Waals surface area contributed by atoms with E-state index < -0.39 is 12.0 Å². The van der Waals surface area contributed by atoms with Crippen LogP contribution in [0, 0.1) is 0 Å². The van der Waals surface area contributed by atoms with Crippen molar-refractivity contribution in [2.24, 2.45) is 0 Å². The molecule has 0 radical (unpaired) electrons. The smallest absolute Gasteiger partial charge is 0.407 e. The Labute approximate surface area is 132 Å². The molecule has 1 aromatic heterocycles. The molecule has 0 unspecified atom stereocenters. The van der Waals surface area contributed by atoms with E-state index in [1.165, 1.54) is 9.47 Å². The van der Waals surface area contributed by atoms with E-state index >= 15 is 0 Å². The van der Waals surface area contributed by atoms with Gasteiger partial charge in [-0.2, -0.15) is 0 Å². The number of likely N-dealkylation sites (tertiary alicyclic amines) is 1. The minimum Gasteiger partial charge on any atom is -0.465 e. The number of halogens is 1. The molecule has 120 valence electrons. The molecule has 0 spiro atoms. The molecular weight excluding hydrogens is 312 g/mol. The number of rotatable bonds is 6. The summed E-state index contributed by atoms with van der Waals surface area (Å²) < 4.78 is 1.50. The number of unbranched alkanes of at least 4 members (excludes halogenated alkanes) is 1. The molecule has 0 aliphatic carbocycles. The van der Waals surface area contributed by atoms with Gasteiger partial charge >= 0.3 is 6.09 Å². The summed E-state index contributed by atoms with van der Waals surface area (Å²) in [5.41, 5.74) is 0.144. The van der Waals surface area contributed by atoms with Crippen LogP contribution in [0.15, 0.2) is 0 Å². The second kappa shape index (κ2) is 6.78. The fourth-order valence-electron chi connectivity index (χ4n) is 2.27. The molecule has 0 saturated carbocycles. The van der Waals surface area contributed by atoms with Crippen molar-refractivity contribution in [1.29, 1.82) is 0 Å². The Morgan fingerprint density at radius 1 is 1.50 bits per heavy atom. The lowest BCUT2D eigenvalue weighted by Crippen LogP contribution is -2.60. The highest BCUT2D eigenvalue weighted by molar-refractivity contribution is 6.32. The number of carboxylic acid groups (broad SMARTS) is 1. The molecule has 8 nitrogen and oxygen atoms in total. The first-order chi connectivity index (χ1) is 10.5. The Kier molecular flexibility index (Phi) is 5.02. The van der Waals surface area contributed by atoms with E-state index in [0.717, 1.165) is 12.8 Å². The van der Waals surface area contributed by atoms with Gasteiger partial charge in [0.1, 0.15) is 5.69 Å². The van der Waals surface area contributed by atoms with Gasteiger partial charge in [-0.1, -0.05) is 24.9 Å². The first-order valence-electron chi connectivity index (χ1n) is 6.97. The predicted octanol–water partition coefficient (Wildman–Crippen LogP) is 1.24. The molecule has 1 fully saturated rings. The zero-order valence-electron chi connectivity index (χ0n) is 12.1. The number of hydrogen-bond donors (Lipinski definition) is 2. The molecular formula is C13H17ClN4O4. The molecule has 0 atom stereocenters. The topological polar surface area (TPSA) is 105 Å². The van der Waals surface area contributed by atoms with E-state index in [9.17, 15) is 14.4 Å². The summed E-state index contributed by atoms with van der Waals surface area (Å²) in [6.45, 7) is 2.94. The van der Waals surface area contributed by atoms with Crippen LogP contribution < -0.4 is 5.32 Å². The van der Waals surface area contributed by atoms with E-state index in [-0.39, 0.29) is 35.8 Å². The zero-order valence-corrected chi connectivity index (χ0v) is 12.8. The molecule has 2 N–H and O–H groups in total. The average Bonchev–Trinajstić information content (AvgIpc) is 2.75. The van der Waals surface area contributed by atoms with Gasteiger partial charge in [-0.15, -0.1) is 0 Å². The van der Waals surface area contributed by atoms with Crippen molar-refractivity contribution in [3.05, 3.63) is 16.7 Å². The molecule has 2 heterocycles. The molecule has 22 heavy (non-hydrogen) atoms. The highest BCUT2D eigenvalue weighted by Crippen LogP contribution is 2.19. The molecule has 2 amide bonds. The number of nitrogens with one attached hydrogen (secondary N) is 1. The highest BCUT2D eigenvalue weighted by atomic mass is 35.5. The minimum atomic E-state index is -1.01. The third-order valence-electron chi connectivity index (χ3n) is 3.50. The third-order valence-corrected chi connectivity index (χ3v) is 3.76. The summed E-state index contributed by atoms with van der Waals surface area (Å²) in [5.74, 6) is -0.332. The van der Waals surface area contributed by atoms with Crippen molar-refractivity contribution in [1.82, 2.24) is 19.8 Å². The van der Waals surface area contributed by atoms with E-state index in [0.29, 0.717) is 12.8 Å². The summed E-state index contributed by atoms with van der Waals surface area (Å²) >= 11 is 5.97. The molecule has 1 saturated heterocycles. The van der Waals surface area contributed by atoms with Crippen molar-refractivity contribution in [3.8, 4) is 0 Å². The van der Waals surface area contributed by atoms with Crippen LogP contribution in [-0.4, -0.2) is 57.0 Å². The van der Waals surface area contributed by atoms with Gasteiger partial charge in [0.05, 0.1) is 6.04 Å². The summed E-state index contributed by atoms with van der Waals surface area (Å²) in [4.78, 5) is 39.1. The Hall–Kier alpha value is -2.09. The van der Waals surface area contributed by atoms with Gasteiger partial charge in [-0.05, 0) is 6.42 Å². The maximum absolute atomic E-state index is 12.3. The van der Waals surface area contributed by atoms with E-state index in [1.807, 2.05) is 6.92 Å². The fraction of sp³-hybridized carbons (Fsp3) is 0.538. The van der Waals surface area contributed by atoms with Gasteiger partial charge in [0.25, 0.3) is 5.91 Å². The third kappa shape index (κ3) is 3.22. The Morgan fingerprint density at radius 2 is 2.18 bits per heavy atom. The minimum absolute atomic E-state index is 0.0230. The van der Waals surface area contributed by atoms with Crippen LogP contribution in [-0.2, 0) is 6.54 Å². The SMILES string of the molecule is CCCCn1c(C=O)nc(Cl)c1C(=O)NC1CN(C(=O)O)C1. The molecule has 2 rings (SSSR count). The summed E-state index contributed by atoms with van der Waals surface area (Å²) in [6, 6.07) is -0.256. The van der Waals surface area contributed by atoms with Crippen LogP contribution in [0.4, 0.5) is 4.79 Å². The summed E-state index contributed by atoms with van der Waals surface area (Å²) in [5, 5.41) is 11.4. The van der Waals surface area contributed by atoms with Gasteiger partial charge in [-0.25, -0.2) is 9.78 Å². The second-order valence-electron chi connectivity index (χ2n) is 5.09. The van der Waals surface area contributed by atoms with Crippen LogP contribution in [0.3, 0.4) is 0 Å². The molecule has 1 aliphatic heterocycles. The zero-order chi connectivity index (χ0) is 16.3. The number of amides is 2. The lowest BCUT2D eigenvalue weighted by atomic mass is 10.1. The van der Waals surface area contributed by atoms with Gasteiger partial charge in [0.15, 0.2) is 17.3 Å². The summed E-state index contributed by atoms with van der Waals surface area (Å²) in [7, 11) is 0. The largest absolute Gasteiger partial charge is 0.465 e. The predicted molar refractivity (Wildman–Crippen MR) is 78.4 cm³/mol. The standard InChI is InChI=1S/C13H17ClN4O4/c1-2-3-4-18-9(7-19)16-11(14)10(18)12(20)15-8-5-17(6-8)13(21)22/h7-8H,2-6H2,1H3,(H,15,20)(H,21,22). The van der Waals surface area contributed by atoms with Gasteiger partial charge < -0.3 is 19.9 Å². The monoisotopic (exact) mass is 328 g/mol. The highest BCUT2D eigenvalue weighted by Gasteiger charge is 2.33. The number of imidazole rings is 1. The molecule has 9 heteroatoms. The first-order valence-corrected chi connectivity index (χ1v) is 7.35. The van der Waals surface area contributed by atoms with Gasteiger partial charge in [0, 0.05) is 19.6 Å². The maximum Gasteiger partial charge on any atom is 0.407 e. The Bertz CT molecular complexity index is 595. The molecule has 0 bridgehead atoms. The number of carbonyl (C=O) groups is 3. The van der Waals surface area contributed by atoms with Crippen molar-refractivity contribution in [2.75, 3.05) is 13.1 Å². The fourth-order valence-corrected chi connectivity index (χ4v) is 2.54. The lowest BCUT2D eigenvalue weighted by molar-refractivity contribution is 0.0760. The second-order valence-corrected chi connectivity index (χ2v) is 5.45. The first kappa shape index (κ1) is 16.3. The Balaban J connectivity index is 2.10. The number of hydrogen-bond acceptors (Lipinski definition) is 4. The normalized spacial score (nSPS) is 14.5. The van der Waals surface area contributed by atoms with Crippen LogP contribution in [0.1, 0.15) is 40.9 Å². The van der Waals surface area contributed by atoms with E-state index in [2.05, 4.69) is 10.3 Å². The number of aldehydes is 1. The van der Waals surface area contributed by atoms with Crippen molar-refractivity contribution in [2.45, 2.75) is 32.4 Å². The molecule has 0 aromatic carbocycles. The summed E-state index contributed by atoms with van der Waals surface area (Å²) in [6.07, 6.45) is 1.23. The van der Waals surface area contributed by atoms with Crippen molar-refractivity contribution >= 4 is 29.9 Å². The van der Waals surface area contributed by atoms with Crippen molar-refractivity contribution in [3.63, 3.8) is 0 Å². The number of aromatic nitrogens is 2. The average molecular weight is 329 g/mol. The molecule has 1 aromatic rings. The molecule has 1 aliphatic rings. The van der Waals surface area contributed by atoms with E-state index in [1.54, 1.807) is 0 Å². The number of nitrogens with zero attached hydrogens (tertiary/aromatic N) is 3. The van der Waals surface area contributed by atoms with Crippen LogP contribution in [0.5, 0.6) is 0 Å². The van der Waals surface area contributed by atoms with E-state index in [4.69, 9.17) is 16.7 Å². The number of carbonyl (C=O) groups excluding carboxylic acids is 2. The van der Waals surface area contributed by atoms with Crippen molar-refractivity contribution < 1.29 is 19.5 Å². The Morgan fingerprint density at radius 3 is 2.73 bits per heavy atom. The quantitative estimate of drug-likeness (QED) is 0.764. The van der Waals surface area contributed by atoms with Crippen LogP contribution in [0.25, 0.3) is 0 Å². The lowest BCUT2D eigenvalue weighted by Gasteiger charge is -2.37. The maximum atomic E-state index is 12.3.